The normalized spacial score (nSPS) is 36.1. The first-order valence-electron chi connectivity index (χ1n) is 20.4. The first-order chi connectivity index (χ1) is 28.2. The van der Waals surface area contributed by atoms with E-state index < -0.39 is 130 Å². The monoisotopic (exact) mass is 851 g/mol. The summed E-state index contributed by atoms with van der Waals surface area (Å²) in [6, 6.07) is 14.5. The van der Waals surface area contributed by atoms with E-state index in [1.54, 1.807) is 69.3 Å². The molecule has 13 atom stereocenters. The first-order valence-corrected chi connectivity index (χ1v) is 20.4. The van der Waals surface area contributed by atoms with Crippen molar-refractivity contribution in [1.29, 1.82) is 0 Å². The van der Waals surface area contributed by atoms with Gasteiger partial charge in [-0.25, -0.2) is 9.59 Å². The van der Waals surface area contributed by atoms with Gasteiger partial charge in [0.05, 0.1) is 35.6 Å². The molecule has 2 aromatic rings. The van der Waals surface area contributed by atoms with Gasteiger partial charge in [-0.15, -0.1) is 0 Å². The average molecular weight is 852 g/mol. The van der Waals surface area contributed by atoms with Crippen molar-refractivity contribution >= 4 is 35.6 Å². The SMILES string of the molecule is CC(=O)O[C@H]1C(=O)[C@@]2(C)[C@H]([C@H](OC(=O)c3ccccc3)[C@]3(O)C[C@H](OC(=O)[C@H](O)[C@@H](NC(=O)C(C)(C)C)c4ccccc4)[C@@](C)(O)C1C3(C)C)[C@]1(OC(C)=O)CO[C@@H]1C[C@@H]2O. The molecule has 6 rings (SSSR count). The molecule has 332 valence electrons. The average Bonchev–Trinajstić information content (AvgIpc) is 3.17. The zero-order chi connectivity index (χ0) is 45.2. The smallest absolute Gasteiger partial charge is 0.338 e. The maximum Gasteiger partial charge on any atom is 0.338 e. The number of ether oxygens (including phenoxy) is 5. The van der Waals surface area contributed by atoms with Gasteiger partial charge in [0, 0.05) is 43.4 Å². The fraction of sp³-hybridized carbons (Fsp3) is 0.600. The summed E-state index contributed by atoms with van der Waals surface area (Å²) < 4.78 is 30.0. The van der Waals surface area contributed by atoms with Crippen LogP contribution in [0.2, 0.25) is 0 Å². The Morgan fingerprint density at radius 2 is 1.44 bits per heavy atom. The lowest BCUT2D eigenvalue weighted by Crippen LogP contribution is -2.84. The molecule has 16 nitrogen and oxygen atoms in total. The maximum absolute atomic E-state index is 15.5. The summed E-state index contributed by atoms with van der Waals surface area (Å²) in [5.74, 6) is -8.88. The van der Waals surface area contributed by atoms with E-state index in [0.29, 0.717) is 5.56 Å². The first kappa shape index (κ1) is 45.8. The Morgan fingerprint density at radius 3 is 1.97 bits per heavy atom. The lowest BCUT2D eigenvalue weighted by atomic mass is 9.41. The van der Waals surface area contributed by atoms with E-state index in [0.717, 1.165) is 13.8 Å². The second-order valence-corrected chi connectivity index (χ2v) is 19.0. The predicted octanol–water partition coefficient (Wildman–Crippen LogP) is 2.52. The minimum absolute atomic E-state index is 0.0332. The molecule has 5 N–H and O–H groups in total. The van der Waals surface area contributed by atoms with Gasteiger partial charge >= 0.3 is 23.9 Å². The van der Waals surface area contributed by atoms with Gasteiger partial charge in [-0.05, 0) is 31.5 Å². The second kappa shape index (κ2) is 15.9. The van der Waals surface area contributed by atoms with Gasteiger partial charge in [0.2, 0.25) is 5.91 Å². The Bertz CT molecular complexity index is 2050. The predicted molar refractivity (Wildman–Crippen MR) is 213 cm³/mol. The number of carbonyl (C=O) groups is 6. The molecule has 1 aliphatic heterocycles. The van der Waals surface area contributed by atoms with Crippen molar-refractivity contribution in [3.63, 3.8) is 0 Å². The van der Waals surface area contributed by atoms with E-state index in [2.05, 4.69) is 5.32 Å². The number of aliphatic hydroxyl groups is 4. The lowest BCUT2D eigenvalue weighted by molar-refractivity contribution is -0.362. The molecule has 4 aliphatic rings. The van der Waals surface area contributed by atoms with Crippen LogP contribution in [0.1, 0.15) is 97.1 Å². The Kier molecular flexibility index (Phi) is 11.9. The highest BCUT2D eigenvalue weighted by Crippen LogP contribution is 2.66. The number of Topliss-reactive ketones (excluding diaryl/α,β-unsaturated/α-hetero) is 1. The van der Waals surface area contributed by atoms with E-state index in [9.17, 15) is 44.4 Å². The summed E-state index contributed by atoms with van der Waals surface area (Å²) in [5, 5.41) is 52.9. The van der Waals surface area contributed by atoms with E-state index in [4.69, 9.17) is 23.7 Å². The lowest BCUT2D eigenvalue weighted by Gasteiger charge is -2.69. The third-order valence-electron chi connectivity index (χ3n) is 13.7. The van der Waals surface area contributed by atoms with Crippen LogP contribution in [-0.2, 0) is 47.7 Å². The van der Waals surface area contributed by atoms with Crippen molar-refractivity contribution in [3.8, 4) is 0 Å². The van der Waals surface area contributed by atoms with Gasteiger partial charge in [0.1, 0.15) is 29.5 Å². The number of hydrogen-bond acceptors (Lipinski definition) is 15. The van der Waals surface area contributed by atoms with Crippen LogP contribution in [-0.4, -0.2) is 116 Å². The molecule has 0 radical (unpaired) electrons. The van der Waals surface area contributed by atoms with Crippen molar-refractivity contribution in [2.45, 2.75) is 135 Å². The van der Waals surface area contributed by atoms with Gasteiger partial charge in [0.25, 0.3) is 0 Å². The molecule has 4 fully saturated rings. The van der Waals surface area contributed by atoms with Crippen LogP contribution in [0.5, 0.6) is 0 Å². The van der Waals surface area contributed by atoms with Gasteiger partial charge in [0.15, 0.2) is 23.6 Å². The summed E-state index contributed by atoms with van der Waals surface area (Å²) >= 11 is 0. The summed E-state index contributed by atoms with van der Waals surface area (Å²) in [7, 11) is 0. The van der Waals surface area contributed by atoms with E-state index >= 15 is 4.79 Å². The number of benzene rings is 2. The Labute approximate surface area is 354 Å². The van der Waals surface area contributed by atoms with Crippen LogP contribution in [0.15, 0.2) is 60.7 Å². The molecule has 3 aliphatic carbocycles. The summed E-state index contributed by atoms with van der Waals surface area (Å²) in [4.78, 5) is 83.3. The number of fused-ring (bicyclic) bond motifs is 5. The van der Waals surface area contributed by atoms with Crippen molar-refractivity contribution in [2.24, 2.45) is 28.1 Å². The molecule has 1 saturated heterocycles. The van der Waals surface area contributed by atoms with Crippen LogP contribution < -0.4 is 5.32 Å². The number of rotatable bonds is 9. The van der Waals surface area contributed by atoms with Crippen LogP contribution >= 0.6 is 0 Å². The Balaban J connectivity index is 1.56. The molecule has 0 spiro atoms. The van der Waals surface area contributed by atoms with E-state index in [-0.39, 0.29) is 18.6 Å². The molecule has 3 saturated carbocycles. The zero-order valence-corrected chi connectivity index (χ0v) is 35.9. The minimum atomic E-state index is -2.51. The molecular weight excluding hydrogens is 794 g/mol. The standard InChI is InChI=1S/C45H57NO15/c1-23(47)58-32-33-41(6,7)45(56,21-29(43(33,9)55)59-38(53)31(50)30(25-16-12-10-13-17-25)46-39(54)40(3,4)5)36(60-37(52)26-18-14-11-15-19-26)34-42(8,35(32)51)27(49)20-28-44(34,22-57-28)61-24(2)48/h10-19,27-34,36,49-50,55-56H,20-22H2,1-9H3,(H,46,54)/t27-,28+,29-,30-,31+,32+,33?,34-,36-,42+,43+,44-,45+/m0/s1. The molecule has 61 heavy (non-hydrogen) atoms. The molecule has 16 heteroatoms. The summed E-state index contributed by atoms with van der Waals surface area (Å²) in [5.41, 5.74) is -11.3. The zero-order valence-electron chi connectivity index (χ0n) is 35.9. The number of hydrogen-bond donors (Lipinski definition) is 5. The molecular formula is C45H57NO15. The molecule has 2 bridgehead atoms. The molecule has 0 aromatic heterocycles. The topological polar surface area (TPSA) is 242 Å². The highest BCUT2D eigenvalue weighted by molar-refractivity contribution is 5.93. The van der Waals surface area contributed by atoms with Crippen LogP contribution in [0, 0.1) is 28.1 Å². The van der Waals surface area contributed by atoms with E-state index in [1.165, 1.54) is 39.8 Å². The number of esters is 4. The van der Waals surface area contributed by atoms with Crippen molar-refractivity contribution in [1.82, 2.24) is 5.32 Å². The fourth-order valence-corrected chi connectivity index (χ4v) is 10.3. The fourth-order valence-electron chi connectivity index (χ4n) is 10.3. The molecule has 1 unspecified atom stereocenters. The number of carbonyl (C=O) groups excluding carboxylic acids is 6. The van der Waals surface area contributed by atoms with Crippen LogP contribution in [0.4, 0.5) is 0 Å². The number of nitrogens with one attached hydrogen (secondary N) is 1. The van der Waals surface area contributed by atoms with Crippen molar-refractivity contribution in [3.05, 3.63) is 71.8 Å². The van der Waals surface area contributed by atoms with Crippen LogP contribution in [0.25, 0.3) is 0 Å². The second-order valence-electron chi connectivity index (χ2n) is 19.0. The van der Waals surface area contributed by atoms with Gasteiger partial charge < -0.3 is 49.4 Å². The molecule has 2 aromatic carbocycles. The summed E-state index contributed by atoms with van der Waals surface area (Å²) in [6.45, 7) is 12.2. The molecule has 1 heterocycles. The Morgan fingerprint density at radius 1 is 0.852 bits per heavy atom. The third kappa shape index (κ3) is 7.53. The minimum Gasteiger partial charge on any atom is -0.457 e. The highest BCUT2D eigenvalue weighted by Gasteiger charge is 2.81. The number of amides is 1. The summed E-state index contributed by atoms with van der Waals surface area (Å²) in [6.07, 6.45) is -11.5. The number of aliphatic hydroxyl groups excluding tert-OH is 2. The molecule has 1 amide bonds. The number of ketones is 1. The van der Waals surface area contributed by atoms with E-state index in [1.807, 2.05) is 0 Å². The third-order valence-corrected chi connectivity index (χ3v) is 13.7. The Hall–Kier alpha value is -4.74. The van der Waals surface area contributed by atoms with Crippen molar-refractivity contribution in [2.75, 3.05) is 6.61 Å². The van der Waals surface area contributed by atoms with Gasteiger partial charge in [-0.2, -0.15) is 0 Å². The largest absolute Gasteiger partial charge is 0.457 e. The maximum atomic E-state index is 15.5. The van der Waals surface area contributed by atoms with Crippen LogP contribution in [0.3, 0.4) is 0 Å². The van der Waals surface area contributed by atoms with Crippen molar-refractivity contribution < 1.29 is 72.9 Å². The highest BCUT2D eigenvalue weighted by atomic mass is 16.6. The van der Waals surface area contributed by atoms with Gasteiger partial charge in [-0.1, -0.05) is 83.1 Å². The van der Waals surface area contributed by atoms with Gasteiger partial charge in [-0.3, -0.25) is 19.2 Å². The quantitative estimate of drug-likeness (QED) is 0.180.